The van der Waals surface area contributed by atoms with Gasteiger partial charge in [0.05, 0.1) is 29.1 Å². The second kappa shape index (κ2) is 13.5. The van der Waals surface area contributed by atoms with Crippen LogP contribution in [0.3, 0.4) is 0 Å². The van der Waals surface area contributed by atoms with Gasteiger partial charge in [-0.05, 0) is 87.8 Å². The fraction of sp³-hybridized carbons (Fsp3) is 0.113. The lowest BCUT2D eigenvalue weighted by atomic mass is 9.39. The standard InChI is InChI=1S/C53H43BN4O/c1-53(2,3)37-28-39(57-34-56(4)49-21-13-14-22-50(49)57)30-41(29-37)59-40-24-25-43-44-27-36(35-15-7-5-8-16-35)23-26-48(44)58(51(43)31-40)52-32-47-45(33-55-52)42-19-11-12-20-46(42)54(47)38-17-9-6-10-18-38/h5-33H,34H2,1-4H3. The lowest BCUT2D eigenvalue weighted by molar-refractivity contribution is 0.479. The molecule has 9 aromatic rings. The first-order valence-corrected chi connectivity index (χ1v) is 20.5. The van der Waals surface area contributed by atoms with Gasteiger partial charge in [-0.3, -0.25) is 4.57 Å². The molecule has 0 atom stereocenters. The molecule has 0 spiro atoms. The van der Waals surface area contributed by atoms with Gasteiger partial charge in [-0.1, -0.05) is 140 Å². The average Bonchev–Trinajstić information content (AvgIpc) is 3.90. The van der Waals surface area contributed by atoms with E-state index in [9.17, 15) is 0 Å². The number of rotatable bonds is 6. The Bertz CT molecular complexity index is 3080. The molecule has 2 aliphatic heterocycles. The van der Waals surface area contributed by atoms with Gasteiger partial charge in [0.15, 0.2) is 0 Å². The van der Waals surface area contributed by atoms with Gasteiger partial charge in [0, 0.05) is 41.8 Å². The zero-order chi connectivity index (χ0) is 39.8. The van der Waals surface area contributed by atoms with E-state index < -0.39 is 0 Å². The normalized spacial score (nSPS) is 13.3. The molecule has 0 saturated carbocycles. The molecule has 2 aliphatic rings. The average molecular weight is 763 g/mol. The summed E-state index contributed by atoms with van der Waals surface area (Å²) in [5.74, 6) is 2.47. The molecule has 11 rings (SSSR count). The first-order chi connectivity index (χ1) is 28.8. The first-order valence-electron chi connectivity index (χ1n) is 20.5. The quantitative estimate of drug-likeness (QED) is 0.158. The lowest BCUT2D eigenvalue weighted by Crippen LogP contribution is -2.48. The van der Waals surface area contributed by atoms with Gasteiger partial charge in [-0.2, -0.15) is 0 Å². The van der Waals surface area contributed by atoms with Crippen molar-refractivity contribution in [3.63, 3.8) is 0 Å². The summed E-state index contributed by atoms with van der Waals surface area (Å²) in [5, 5.41) is 2.32. The van der Waals surface area contributed by atoms with E-state index in [1.807, 2.05) is 0 Å². The molecule has 7 aromatic carbocycles. The Hall–Kier alpha value is -7.05. The van der Waals surface area contributed by atoms with Crippen LogP contribution in [-0.2, 0) is 5.41 Å². The van der Waals surface area contributed by atoms with Crippen molar-refractivity contribution < 1.29 is 4.74 Å². The van der Waals surface area contributed by atoms with Crippen molar-refractivity contribution in [1.82, 2.24) is 9.55 Å². The number of ether oxygens (including phenoxy) is 1. The maximum atomic E-state index is 6.93. The van der Waals surface area contributed by atoms with Crippen molar-refractivity contribution in [2.24, 2.45) is 0 Å². The lowest BCUT2D eigenvalue weighted by Gasteiger charge is -2.25. The monoisotopic (exact) mass is 762 g/mol. The largest absolute Gasteiger partial charge is 0.457 e. The number of aromatic nitrogens is 2. The van der Waals surface area contributed by atoms with Crippen molar-refractivity contribution in [1.29, 1.82) is 0 Å². The fourth-order valence-electron chi connectivity index (χ4n) is 9.30. The fourth-order valence-corrected chi connectivity index (χ4v) is 9.30. The number of nitrogens with zero attached hydrogens (tertiary/aromatic N) is 4. The number of pyridine rings is 1. The zero-order valence-corrected chi connectivity index (χ0v) is 33.7. The molecule has 4 heterocycles. The molecule has 0 N–H and O–H groups in total. The molecular formula is C53H43BN4O. The molecule has 0 bridgehead atoms. The highest BCUT2D eigenvalue weighted by Gasteiger charge is 2.34. The molecule has 5 nitrogen and oxygen atoms in total. The Balaban J connectivity index is 1.07. The molecule has 0 saturated heterocycles. The maximum Gasteiger partial charge on any atom is 0.243 e. The highest BCUT2D eigenvalue weighted by molar-refractivity contribution is 6.99. The van der Waals surface area contributed by atoms with Gasteiger partial charge in [-0.25, -0.2) is 4.98 Å². The SMILES string of the molecule is CN1CN(c2cc(Oc3ccc4c5cc(-c6ccccc6)ccc5n(-c5cc6c(cn5)-c5ccccc5B6c5ccccc5)c4c3)cc(C(C)(C)C)c2)c2ccccc21. The van der Waals surface area contributed by atoms with Crippen LogP contribution in [0.5, 0.6) is 11.5 Å². The number of benzene rings is 7. The van der Waals surface area contributed by atoms with E-state index in [1.54, 1.807) is 0 Å². The van der Waals surface area contributed by atoms with E-state index in [0.29, 0.717) is 0 Å². The Morgan fingerprint density at radius 3 is 2.14 bits per heavy atom. The third kappa shape index (κ3) is 5.89. The first kappa shape index (κ1) is 35.1. The Morgan fingerprint density at radius 1 is 0.576 bits per heavy atom. The minimum atomic E-state index is -0.0807. The molecule has 0 aliphatic carbocycles. The molecule has 59 heavy (non-hydrogen) atoms. The number of hydrogen-bond donors (Lipinski definition) is 0. The summed E-state index contributed by atoms with van der Waals surface area (Å²) >= 11 is 0. The summed E-state index contributed by atoms with van der Waals surface area (Å²) in [7, 11) is 2.15. The van der Waals surface area contributed by atoms with Crippen molar-refractivity contribution in [2.75, 3.05) is 23.5 Å². The molecule has 284 valence electrons. The van der Waals surface area contributed by atoms with Crippen molar-refractivity contribution in [2.45, 2.75) is 26.2 Å². The van der Waals surface area contributed by atoms with E-state index in [1.165, 1.54) is 61.0 Å². The molecule has 6 heteroatoms. The minimum absolute atomic E-state index is 0.0807. The Morgan fingerprint density at radius 2 is 1.32 bits per heavy atom. The van der Waals surface area contributed by atoms with Crippen molar-refractivity contribution in [3.05, 3.63) is 182 Å². The van der Waals surface area contributed by atoms with E-state index in [0.717, 1.165) is 46.1 Å². The minimum Gasteiger partial charge on any atom is -0.457 e. The third-order valence-electron chi connectivity index (χ3n) is 12.2. The van der Waals surface area contributed by atoms with Crippen LogP contribution in [0.2, 0.25) is 0 Å². The molecule has 2 aromatic heterocycles. The summed E-state index contributed by atoms with van der Waals surface area (Å²) in [6, 6.07) is 61.2. The highest BCUT2D eigenvalue weighted by Crippen LogP contribution is 2.43. The molecule has 0 radical (unpaired) electrons. The smallest absolute Gasteiger partial charge is 0.243 e. The van der Waals surface area contributed by atoms with Crippen LogP contribution in [0.25, 0.3) is 49.9 Å². The van der Waals surface area contributed by atoms with Crippen LogP contribution in [0.1, 0.15) is 26.3 Å². The van der Waals surface area contributed by atoms with Crippen LogP contribution in [-0.4, -0.2) is 30.0 Å². The predicted octanol–water partition coefficient (Wildman–Crippen LogP) is 11.0. The van der Waals surface area contributed by atoms with Crippen LogP contribution in [0, 0.1) is 0 Å². The second-order valence-corrected chi connectivity index (χ2v) is 17.0. The molecule has 0 unspecified atom stereocenters. The molecule has 0 amide bonds. The topological polar surface area (TPSA) is 33.5 Å². The van der Waals surface area contributed by atoms with E-state index in [2.05, 4.69) is 218 Å². The van der Waals surface area contributed by atoms with E-state index in [4.69, 9.17) is 9.72 Å². The van der Waals surface area contributed by atoms with E-state index in [-0.39, 0.29) is 12.1 Å². The van der Waals surface area contributed by atoms with Gasteiger partial charge in [0.1, 0.15) is 17.3 Å². The van der Waals surface area contributed by atoms with Gasteiger partial charge in [0.25, 0.3) is 0 Å². The number of fused-ring (bicyclic) bond motifs is 7. The summed E-state index contributed by atoms with van der Waals surface area (Å²) < 4.78 is 9.26. The predicted molar refractivity (Wildman–Crippen MR) is 248 cm³/mol. The van der Waals surface area contributed by atoms with Crippen LogP contribution >= 0.6 is 0 Å². The number of hydrogen-bond acceptors (Lipinski definition) is 4. The highest BCUT2D eigenvalue weighted by atomic mass is 16.5. The molecular weight excluding hydrogens is 719 g/mol. The Labute approximate surface area is 345 Å². The molecule has 0 fully saturated rings. The Kier molecular flexibility index (Phi) is 8.06. The number of anilines is 3. The van der Waals surface area contributed by atoms with E-state index >= 15 is 0 Å². The summed E-state index contributed by atoms with van der Waals surface area (Å²) in [4.78, 5) is 9.92. The van der Waals surface area contributed by atoms with Gasteiger partial charge < -0.3 is 14.5 Å². The zero-order valence-electron chi connectivity index (χ0n) is 33.7. The number of para-hydroxylation sites is 2. The van der Waals surface area contributed by atoms with Crippen molar-refractivity contribution >= 4 is 62.0 Å². The maximum absolute atomic E-state index is 6.93. The summed E-state index contributed by atoms with van der Waals surface area (Å²) in [5.41, 5.74) is 15.5. The van der Waals surface area contributed by atoms with Gasteiger partial charge >= 0.3 is 0 Å². The van der Waals surface area contributed by atoms with Crippen LogP contribution in [0.15, 0.2) is 176 Å². The van der Waals surface area contributed by atoms with Gasteiger partial charge in [-0.15, -0.1) is 0 Å². The van der Waals surface area contributed by atoms with Gasteiger partial charge in [0.2, 0.25) is 6.71 Å². The van der Waals surface area contributed by atoms with Crippen LogP contribution < -0.4 is 30.9 Å². The van der Waals surface area contributed by atoms with Crippen molar-refractivity contribution in [3.8, 4) is 39.6 Å². The summed E-state index contributed by atoms with van der Waals surface area (Å²) in [6.45, 7) is 7.68. The third-order valence-corrected chi connectivity index (χ3v) is 12.2. The summed E-state index contributed by atoms with van der Waals surface area (Å²) in [6.07, 6.45) is 2.08. The second-order valence-electron chi connectivity index (χ2n) is 17.0. The van der Waals surface area contributed by atoms with Crippen LogP contribution in [0.4, 0.5) is 17.1 Å².